The van der Waals surface area contributed by atoms with Crippen molar-refractivity contribution in [3.05, 3.63) is 102 Å². The van der Waals surface area contributed by atoms with Crippen molar-refractivity contribution in [3.8, 4) is 16.9 Å². The number of aryl methyl sites for hydroxylation is 1. The number of hydrogen-bond donors (Lipinski definition) is 1. The first-order valence-corrected chi connectivity index (χ1v) is 10.2. The van der Waals surface area contributed by atoms with Gasteiger partial charge in [-0.15, -0.1) is 0 Å². The van der Waals surface area contributed by atoms with Crippen molar-refractivity contribution in [1.29, 1.82) is 0 Å². The third-order valence-corrected chi connectivity index (χ3v) is 5.65. The Morgan fingerprint density at radius 3 is 2.69 bits per heavy atom. The number of pyridine rings is 1. The molecule has 0 saturated carbocycles. The quantitative estimate of drug-likeness (QED) is 0.524. The highest BCUT2D eigenvalue weighted by molar-refractivity contribution is 5.62. The number of nitrogens with one attached hydrogen (secondary N) is 1. The average molecular weight is 380 g/mol. The molecule has 0 aliphatic heterocycles. The van der Waals surface area contributed by atoms with E-state index in [1.54, 1.807) is 6.20 Å². The van der Waals surface area contributed by atoms with E-state index in [-0.39, 0.29) is 0 Å². The van der Waals surface area contributed by atoms with Crippen LogP contribution in [0.1, 0.15) is 35.6 Å². The van der Waals surface area contributed by atoms with E-state index >= 15 is 0 Å². The largest absolute Gasteiger partial charge is 0.306 e. The van der Waals surface area contributed by atoms with Crippen LogP contribution in [0.25, 0.3) is 16.9 Å². The molecule has 0 bridgehead atoms. The second-order valence-electron chi connectivity index (χ2n) is 7.55. The summed E-state index contributed by atoms with van der Waals surface area (Å²) in [5.41, 5.74) is 7.19. The van der Waals surface area contributed by atoms with Crippen LogP contribution in [0.3, 0.4) is 0 Å². The van der Waals surface area contributed by atoms with E-state index in [9.17, 15) is 0 Å². The highest BCUT2D eigenvalue weighted by Gasteiger charge is 2.20. The van der Waals surface area contributed by atoms with Gasteiger partial charge in [0.2, 0.25) is 0 Å². The molecule has 0 spiro atoms. The van der Waals surface area contributed by atoms with Crippen molar-refractivity contribution in [3.63, 3.8) is 0 Å². The van der Waals surface area contributed by atoms with E-state index in [1.165, 1.54) is 36.0 Å². The van der Waals surface area contributed by atoms with E-state index in [0.29, 0.717) is 6.04 Å². The lowest BCUT2D eigenvalue weighted by molar-refractivity contribution is 0.459. The predicted octanol–water partition coefficient (Wildman–Crippen LogP) is 5.10. The normalized spacial score (nSPS) is 15.8. The Balaban J connectivity index is 1.46. The minimum absolute atomic E-state index is 0.391. The Morgan fingerprint density at radius 1 is 0.966 bits per heavy atom. The van der Waals surface area contributed by atoms with Crippen LogP contribution in [0.5, 0.6) is 0 Å². The Labute approximate surface area is 171 Å². The van der Waals surface area contributed by atoms with E-state index in [0.717, 1.165) is 23.5 Å². The van der Waals surface area contributed by atoms with Crippen molar-refractivity contribution in [1.82, 2.24) is 20.1 Å². The molecule has 1 aliphatic carbocycles. The van der Waals surface area contributed by atoms with Gasteiger partial charge in [-0.25, -0.2) is 4.68 Å². The fourth-order valence-electron chi connectivity index (χ4n) is 4.20. The number of para-hydroxylation sites is 1. The number of fused-ring (bicyclic) bond motifs is 1. The minimum atomic E-state index is 0.391. The van der Waals surface area contributed by atoms with Crippen molar-refractivity contribution >= 4 is 0 Å². The molecule has 2 aromatic heterocycles. The second kappa shape index (κ2) is 8.02. The molecule has 4 heteroatoms. The highest BCUT2D eigenvalue weighted by atomic mass is 15.3. The van der Waals surface area contributed by atoms with Crippen LogP contribution in [-0.2, 0) is 13.0 Å². The molecule has 1 unspecified atom stereocenters. The first-order chi connectivity index (χ1) is 14.4. The van der Waals surface area contributed by atoms with Crippen molar-refractivity contribution in [2.45, 2.75) is 31.8 Å². The van der Waals surface area contributed by atoms with Gasteiger partial charge in [0.15, 0.2) is 0 Å². The van der Waals surface area contributed by atoms with Crippen LogP contribution in [0.4, 0.5) is 0 Å². The summed E-state index contributed by atoms with van der Waals surface area (Å²) in [6.45, 7) is 0.774. The van der Waals surface area contributed by atoms with Crippen molar-refractivity contribution in [2.24, 2.45) is 0 Å². The first-order valence-electron chi connectivity index (χ1n) is 10.2. The molecule has 4 aromatic rings. The van der Waals surface area contributed by atoms with Gasteiger partial charge in [-0.05, 0) is 54.7 Å². The van der Waals surface area contributed by atoms with Gasteiger partial charge >= 0.3 is 0 Å². The Morgan fingerprint density at radius 2 is 1.83 bits per heavy atom. The van der Waals surface area contributed by atoms with Gasteiger partial charge in [0.05, 0.1) is 11.4 Å². The number of rotatable bonds is 5. The molecule has 5 rings (SSSR count). The topological polar surface area (TPSA) is 42.7 Å². The first kappa shape index (κ1) is 17.8. The zero-order valence-electron chi connectivity index (χ0n) is 16.3. The van der Waals surface area contributed by atoms with Crippen LogP contribution in [0.15, 0.2) is 85.3 Å². The molecule has 0 amide bonds. The molecule has 144 valence electrons. The molecular formula is C25H24N4. The van der Waals surface area contributed by atoms with Crippen LogP contribution >= 0.6 is 0 Å². The number of nitrogens with zero attached hydrogens (tertiary/aromatic N) is 3. The standard InChI is InChI=1S/C25H24N4/c1-2-11-22(12-3-1)29-18-21(25(28-29)20-10-7-15-26-16-20)17-27-24-14-6-9-19-8-4-5-13-23(19)24/h1-5,7-8,10-13,15-16,18,24,27H,6,9,14,17H2. The second-order valence-corrected chi connectivity index (χ2v) is 7.55. The van der Waals surface area contributed by atoms with E-state index in [4.69, 9.17) is 5.10 Å². The maximum atomic E-state index is 4.90. The summed E-state index contributed by atoms with van der Waals surface area (Å²) in [5, 5.41) is 8.69. The molecule has 1 atom stereocenters. The molecular weight excluding hydrogens is 356 g/mol. The van der Waals surface area contributed by atoms with Crippen LogP contribution in [0, 0.1) is 0 Å². The van der Waals surface area contributed by atoms with Crippen molar-refractivity contribution < 1.29 is 0 Å². The summed E-state index contributed by atoms with van der Waals surface area (Å²) in [4.78, 5) is 4.29. The Kier molecular flexibility index (Phi) is 4.93. The molecule has 1 aliphatic rings. The predicted molar refractivity (Wildman–Crippen MR) is 116 cm³/mol. The van der Waals surface area contributed by atoms with Crippen molar-refractivity contribution in [2.75, 3.05) is 0 Å². The maximum absolute atomic E-state index is 4.90. The third-order valence-electron chi connectivity index (χ3n) is 5.65. The van der Waals surface area contributed by atoms with Gasteiger partial charge in [0, 0.05) is 42.3 Å². The van der Waals surface area contributed by atoms with Gasteiger partial charge in [0.1, 0.15) is 0 Å². The van der Waals surface area contributed by atoms with Gasteiger partial charge in [-0.1, -0.05) is 42.5 Å². The fraction of sp³-hybridized carbons (Fsp3) is 0.200. The lowest BCUT2D eigenvalue weighted by atomic mass is 9.87. The molecule has 0 fully saturated rings. The van der Waals surface area contributed by atoms with Gasteiger partial charge in [0.25, 0.3) is 0 Å². The van der Waals surface area contributed by atoms with Crippen LogP contribution in [-0.4, -0.2) is 14.8 Å². The lowest BCUT2D eigenvalue weighted by Gasteiger charge is -2.26. The molecule has 4 nitrogen and oxygen atoms in total. The fourth-order valence-corrected chi connectivity index (χ4v) is 4.20. The molecule has 29 heavy (non-hydrogen) atoms. The lowest BCUT2D eigenvalue weighted by Crippen LogP contribution is -2.24. The number of benzene rings is 2. The SMILES string of the molecule is c1ccc(-n2cc(CNC3CCCc4ccccc43)c(-c3cccnc3)n2)cc1. The summed E-state index contributed by atoms with van der Waals surface area (Å²) in [6.07, 6.45) is 9.41. The van der Waals surface area contributed by atoms with E-state index in [2.05, 4.69) is 59.0 Å². The van der Waals surface area contributed by atoms with Gasteiger partial charge in [-0.2, -0.15) is 5.10 Å². The van der Waals surface area contributed by atoms with Crippen LogP contribution < -0.4 is 5.32 Å². The number of hydrogen-bond acceptors (Lipinski definition) is 3. The zero-order valence-corrected chi connectivity index (χ0v) is 16.3. The molecule has 0 radical (unpaired) electrons. The third kappa shape index (κ3) is 3.71. The van der Waals surface area contributed by atoms with Gasteiger partial charge in [-0.3, -0.25) is 4.98 Å². The number of aromatic nitrogens is 3. The zero-order chi connectivity index (χ0) is 19.5. The van der Waals surface area contributed by atoms with Crippen LogP contribution in [0.2, 0.25) is 0 Å². The minimum Gasteiger partial charge on any atom is -0.306 e. The Bertz CT molecular complexity index is 1090. The monoisotopic (exact) mass is 380 g/mol. The maximum Gasteiger partial charge on any atom is 0.0988 e. The molecule has 2 heterocycles. The molecule has 0 saturated heterocycles. The summed E-state index contributed by atoms with van der Waals surface area (Å²) >= 11 is 0. The smallest absolute Gasteiger partial charge is 0.0988 e. The summed E-state index contributed by atoms with van der Waals surface area (Å²) in [7, 11) is 0. The van der Waals surface area contributed by atoms with E-state index < -0.39 is 0 Å². The molecule has 1 N–H and O–H groups in total. The summed E-state index contributed by atoms with van der Waals surface area (Å²) in [6, 6.07) is 23.5. The summed E-state index contributed by atoms with van der Waals surface area (Å²) < 4.78 is 1.97. The summed E-state index contributed by atoms with van der Waals surface area (Å²) in [5.74, 6) is 0. The molecule has 2 aromatic carbocycles. The highest BCUT2D eigenvalue weighted by Crippen LogP contribution is 2.30. The average Bonchev–Trinajstić information content (AvgIpc) is 3.23. The van der Waals surface area contributed by atoms with Gasteiger partial charge < -0.3 is 5.32 Å². The Hall–Kier alpha value is -3.24. The van der Waals surface area contributed by atoms with E-state index in [1.807, 2.05) is 35.1 Å².